The molecule has 1 fully saturated rings. The molecule has 1 saturated carbocycles. The highest BCUT2D eigenvalue weighted by Crippen LogP contribution is 2.30. The molecule has 1 aliphatic carbocycles. The minimum absolute atomic E-state index is 0.0954. The monoisotopic (exact) mass is 508 g/mol. The number of carbonyl (C=O) groups is 2. The van der Waals surface area contributed by atoms with Gasteiger partial charge in [-0.3, -0.25) is 0 Å². The van der Waals surface area contributed by atoms with E-state index in [1.54, 1.807) is 30.3 Å². The fourth-order valence-electron chi connectivity index (χ4n) is 4.46. The molecule has 37 heavy (non-hydrogen) atoms. The van der Waals surface area contributed by atoms with Gasteiger partial charge in [-0.2, -0.15) is 0 Å². The number of amides is 1. The number of nitrogens with zero attached hydrogens (tertiary/aromatic N) is 2. The Morgan fingerprint density at radius 3 is 2.35 bits per heavy atom. The topological polar surface area (TPSA) is 102 Å². The molecule has 0 spiro atoms. The minimum Gasteiger partial charge on any atom is -0.465 e. The minimum atomic E-state index is -0.522. The zero-order valence-corrected chi connectivity index (χ0v) is 21.6. The molecule has 3 aromatic rings. The number of fused-ring (bicyclic) bond motifs is 1. The summed E-state index contributed by atoms with van der Waals surface area (Å²) >= 11 is 0. The summed E-state index contributed by atoms with van der Waals surface area (Å²) < 4.78 is 23.8. The number of rotatable bonds is 6. The number of benzene rings is 2. The Labute approximate surface area is 216 Å². The molecule has 0 aliphatic heterocycles. The van der Waals surface area contributed by atoms with Gasteiger partial charge in [0.15, 0.2) is 5.82 Å². The van der Waals surface area contributed by atoms with E-state index in [0.717, 1.165) is 31.2 Å². The predicted molar refractivity (Wildman–Crippen MR) is 140 cm³/mol. The van der Waals surface area contributed by atoms with Gasteiger partial charge >= 0.3 is 12.1 Å². The number of aromatic nitrogens is 2. The van der Waals surface area contributed by atoms with Gasteiger partial charge < -0.3 is 20.1 Å². The van der Waals surface area contributed by atoms with Crippen molar-refractivity contribution in [2.45, 2.75) is 58.1 Å². The molecule has 0 atom stereocenters. The molecule has 1 aromatic heterocycles. The first-order valence-electron chi connectivity index (χ1n) is 12.5. The smallest absolute Gasteiger partial charge is 0.407 e. The van der Waals surface area contributed by atoms with Crippen LogP contribution in [0.15, 0.2) is 42.5 Å². The first-order chi connectivity index (χ1) is 17.6. The van der Waals surface area contributed by atoms with Gasteiger partial charge in [-0.05, 0) is 94.8 Å². The summed E-state index contributed by atoms with van der Waals surface area (Å²) in [6.45, 7) is 6.22. The fourth-order valence-corrected chi connectivity index (χ4v) is 4.46. The average molecular weight is 509 g/mol. The van der Waals surface area contributed by atoms with E-state index in [9.17, 15) is 14.0 Å². The number of halogens is 1. The third kappa shape index (κ3) is 6.93. The Morgan fingerprint density at radius 1 is 1.00 bits per heavy atom. The van der Waals surface area contributed by atoms with Crippen LogP contribution in [0.5, 0.6) is 0 Å². The summed E-state index contributed by atoms with van der Waals surface area (Å²) in [5.74, 6) is 0.177. The van der Waals surface area contributed by atoms with Crippen molar-refractivity contribution in [2.75, 3.05) is 19.0 Å². The summed E-state index contributed by atoms with van der Waals surface area (Å²) in [6, 6.07) is 11.3. The number of hydrogen-bond donors (Lipinski definition) is 2. The third-order valence-corrected chi connectivity index (χ3v) is 6.33. The van der Waals surface area contributed by atoms with Crippen LogP contribution in [0.4, 0.5) is 15.0 Å². The van der Waals surface area contributed by atoms with Crippen LogP contribution < -0.4 is 10.6 Å². The highest BCUT2D eigenvalue weighted by Gasteiger charge is 2.25. The fraction of sp³-hybridized carbons (Fsp3) is 0.429. The van der Waals surface area contributed by atoms with E-state index in [0.29, 0.717) is 40.6 Å². The second-order valence-electron chi connectivity index (χ2n) is 10.4. The highest BCUT2D eigenvalue weighted by molar-refractivity contribution is 5.94. The highest BCUT2D eigenvalue weighted by atomic mass is 19.1. The van der Waals surface area contributed by atoms with Gasteiger partial charge in [-0.25, -0.2) is 23.9 Å². The zero-order chi connectivity index (χ0) is 26.6. The van der Waals surface area contributed by atoms with Crippen LogP contribution in [0.2, 0.25) is 0 Å². The molecular weight excluding hydrogens is 475 g/mol. The van der Waals surface area contributed by atoms with Crippen molar-refractivity contribution in [1.29, 1.82) is 0 Å². The summed E-state index contributed by atoms with van der Waals surface area (Å²) in [4.78, 5) is 33.6. The molecule has 9 heteroatoms. The number of esters is 1. The lowest BCUT2D eigenvalue weighted by atomic mass is 9.86. The van der Waals surface area contributed by atoms with E-state index < -0.39 is 11.6 Å². The summed E-state index contributed by atoms with van der Waals surface area (Å²) in [7, 11) is 1.33. The molecule has 8 nitrogen and oxygen atoms in total. The lowest BCUT2D eigenvalue weighted by Gasteiger charge is -2.30. The van der Waals surface area contributed by atoms with Crippen molar-refractivity contribution >= 4 is 28.9 Å². The van der Waals surface area contributed by atoms with Crippen LogP contribution in [-0.2, 0) is 9.47 Å². The van der Waals surface area contributed by atoms with Crippen LogP contribution in [0.1, 0.15) is 56.8 Å². The number of ether oxygens (including phenoxy) is 2. The van der Waals surface area contributed by atoms with Crippen molar-refractivity contribution in [3.8, 4) is 11.3 Å². The van der Waals surface area contributed by atoms with E-state index in [4.69, 9.17) is 19.4 Å². The SMILES string of the molecule is COC(=O)c1ccc2nc(-c3ccc(F)cc3)c(NCC3CCC(NC(=O)OC(C)(C)C)CC3)nc2c1. The van der Waals surface area contributed by atoms with E-state index in [2.05, 4.69) is 10.6 Å². The molecule has 1 amide bonds. The second-order valence-corrected chi connectivity index (χ2v) is 10.4. The Balaban J connectivity index is 1.48. The van der Waals surface area contributed by atoms with Gasteiger partial charge in [-0.15, -0.1) is 0 Å². The van der Waals surface area contributed by atoms with Crippen molar-refractivity contribution in [2.24, 2.45) is 5.92 Å². The molecule has 1 aliphatic rings. The summed E-state index contributed by atoms with van der Waals surface area (Å²) in [5, 5.41) is 6.41. The van der Waals surface area contributed by atoms with Gasteiger partial charge in [0, 0.05) is 18.2 Å². The van der Waals surface area contributed by atoms with Crippen LogP contribution in [0, 0.1) is 11.7 Å². The van der Waals surface area contributed by atoms with Crippen molar-refractivity contribution in [1.82, 2.24) is 15.3 Å². The molecule has 0 saturated heterocycles. The Kier molecular flexibility index (Phi) is 7.90. The maximum absolute atomic E-state index is 13.6. The Bertz CT molecular complexity index is 1270. The van der Waals surface area contributed by atoms with E-state index in [1.807, 2.05) is 20.8 Å². The molecule has 4 rings (SSSR count). The number of methoxy groups -OCH3 is 1. The third-order valence-electron chi connectivity index (χ3n) is 6.33. The molecule has 0 radical (unpaired) electrons. The predicted octanol–water partition coefficient (Wildman–Crippen LogP) is 5.72. The standard InChI is InChI=1S/C28H33FN4O4/c1-28(2,3)37-27(35)31-21-12-5-17(6-13-21)16-30-25-24(18-7-10-20(29)11-8-18)32-22-14-9-19(26(34)36-4)15-23(22)33-25/h7-11,14-15,17,21H,5-6,12-13,16H2,1-4H3,(H,30,33)(H,31,35). The van der Waals surface area contributed by atoms with Crippen LogP contribution in [0.3, 0.4) is 0 Å². The van der Waals surface area contributed by atoms with Gasteiger partial charge in [-0.1, -0.05) is 0 Å². The molecular formula is C28H33FN4O4. The van der Waals surface area contributed by atoms with Gasteiger partial charge in [0.1, 0.15) is 17.1 Å². The van der Waals surface area contributed by atoms with Gasteiger partial charge in [0.05, 0.1) is 23.7 Å². The second kappa shape index (κ2) is 11.1. The number of hydrogen-bond acceptors (Lipinski definition) is 7. The first-order valence-corrected chi connectivity index (χ1v) is 12.5. The average Bonchev–Trinajstić information content (AvgIpc) is 2.86. The molecule has 0 unspecified atom stereocenters. The van der Waals surface area contributed by atoms with E-state index in [1.165, 1.54) is 19.2 Å². The van der Waals surface area contributed by atoms with Crippen LogP contribution in [-0.4, -0.2) is 47.3 Å². The van der Waals surface area contributed by atoms with Gasteiger partial charge in [0.25, 0.3) is 0 Å². The lowest BCUT2D eigenvalue weighted by Crippen LogP contribution is -2.41. The molecule has 0 bridgehead atoms. The number of carbonyl (C=O) groups excluding carboxylic acids is 2. The Hall–Kier alpha value is -3.75. The van der Waals surface area contributed by atoms with Gasteiger partial charge in [0.2, 0.25) is 0 Å². The summed E-state index contributed by atoms with van der Waals surface area (Å²) in [5.41, 5.74) is 2.39. The van der Waals surface area contributed by atoms with Crippen LogP contribution >= 0.6 is 0 Å². The summed E-state index contributed by atoms with van der Waals surface area (Å²) in [6.07, 6.45) is 3.22. The number of nitrogens with one attached hydrogen (secondary N) is 2. The van der Waals surface area contributed by atoms with Crippen molar-refractivity contribution in [3.63, 3.8) is 0 Å². The molecule has 2 aromatic carbocycles. The maximum atomic E-state index is 13.6. The van der Waals surface area contributed by atoms with E-state index >= 15 is 0 Å². The largest absolute Gasteiger partial charge is 0.465 e. The number of anilines is 1. The zero-order valence-electron chi connectivity index (χ0n) is 21.6. The van der Waals surface area contributed by atoms with Crippen molar-refractivity contribution in [3.05, 3.63) is 53.8 Å². The maximum Gasteiger partial charge on any atom is 0.407 e. The van der Waals surface area contributed by atoms with E-state index in [-0.39, 0.29) is 18.0 Å². The van der Waals surface area contributed by atoms with Crippen molar-refractivity contribution < 1.29 is 23.5 Å². The molecule has 2 N–H and O–H groups in total. The quantitative estimate of drug-likeness (QED) is 0.411. The number of alkyl carbamates (subject to hydrolysis) is 1. The first kappa shape index (κ1) is 26.3. The molecule has 1 heterocycles. The van der Waals surface area contributed by atoms with Crippen LogP contribution in [0.25, 0.3) is 22.3 Å². The normalized spacial score (nSPS) is 17.8. The lowest BCUT2D eigenvalue weighted by molar-refractivity contribution is 0.0487. The Morgan fingerprint density at radius 2 is 1.70 bits per heavy atom. The molecule has 196 valence electrons.